The molecule has 134 valence electrons. The Morgan fingerprint density at radius 3 is 1.92 bits per heavy atom. The van der Waals surface area contributed by atoms with E-state index in [0.717, 1.165) is 50.2 Å². The van der Waals surface area contributed by atoms with Crippen LogP contribution in [0.1, 0.15) is 73.2 Å². The fourth-order valence-electron chi connectivity index (χ4n) is 3.82. The van der Waals surface area contributed by atoms with E-state index in [2.05, 4.69) is 36.2 Å². The summed E-state index contributed by atoms with van der Waals surface area (Å²) >= 11 is 0. The van der Waals surface area contributed by atoms with Crippen molar-refractivity contribution in [1.82, 2.24) is 4.98 Å². The van der Waals surface area contributed by atoms with Gasteiger partial charge in [-0.3, -0.25) is 4.98 Å². The van der Waals surface area contributed by atoms with Gasteiger partial charge in [0.05, 0.1) is 0 Å². The highest BCUT2D eigenvalue weighted by molar-refractivity contribution is 5.27. The summed E-state index contributed by atoms with van der Waals surface area (Å²) in [6, 6.07) is 11.6. The standard InChI is InChI=1S/C21H24F3N/c1-2-3-15-4-6-16(7-5-15)17-8-10-18(11-9-17)19-12-13-20(25-14-19)21(22,23)24/h4-7,12-14,17-18H,2-3,8-11H2,1H3. The third-order valence-corrected chi connectivity index (χ3v) is 5.27. The number of hydrogen-bond donors (Lipinski definition) is 0. The van der Waals surface area contributed by atoms with E-state index in [1.54, 1.807) is 6.07 Å². The van der Waals surface area contributed by atoms with E-state index < -0.39 is 11.9 Å². The van der Waals surface area contributed by atoms with Crippen molar-refractivity contribution in [2.45, 2.75) is 63.5 Å². The summed E-state index contributed by atoms with van der Waals surface area (Å²) in [5.41, 5.74) is 2.90. The van der Waals surface area contributed by atoms with Crippen LogP contribution in [0.4, 0.5) is 13.2 Å². The van der Waals surface area contributed by atoms with Gasteiger partial charge in [0.1, 0.15) is 5.69 Å². The van der Waals surface area contributed by atoms with Crippen molar-refractivity contribution < 1.29 is 13.2 Å². The first-order valence-electron chi connectivity index (χ1n) is 9.09. The molecule has 1 aliphatic carbocycles. The molecule has 1 fully saturated rings. The summed E-state index contributed by atoms with van der Waals surface area (Å²) in [6.45, 7) is 2.19. The largest absolute Gasteiger partial charge is 0.433 e. The molecule has 1 aromatic heterocycles. The maximum absolute atomic E-state index is 12.6. The monoisotopic (exact) mass is 347 g/mol. The molecule has 3 rings (SSSR count). The second-order valence-electron chi connectivity index (χ2n) is 7.01. The molecule has 1 aromatic carbocycles. The minimum absolute atomic E-state index is 0.324. The van der Waals surface area contributed by atoms with Crippen molar-refractivity contribution in [2.75, 3.05) is 0 Å². The van der Waals surface area contributed by atoms with Crippen molar-refractivity contribution in [3.05, 3.63) is 65.0 Å². The van der Waals surface area contributed by atoms with Crippen molar-refractivity contribution in [3.63, 3.8) is 0 Å². The molecule has 0 unspecified atom stereocenters. The molecule has 1 nitrogen and oxygen atoms in total. The van der Waals surface area contributed by atoms with Crippen molar-refractivity contribution >= 4 is 0 Å². The molecule has 0 N–H and O–H groups in total. The molecular weight excluding hydrogens is 323 g/mol. The van der Waals surface area contributed by atoms with Gasteiger partial charge >= 0.3 is 6.18 Å². The van der Waals surface area contributed by atoms with Crippen LogP contribution in [0.25, 0.3) is 0 Å². The molecule has 0 aliphatic heterocycles. The molecule has 0 amide bonds. The molecule has 1 aliphatic rings. The molecule has 1 heterocycles. The van der Waals surface area contributed by atoms with E-state index >= 15 is 0 Å². The third-order valence-electron chi connectivity index (χ3n) is 5.27. The van der Waals surface area contributed by atoms with Crippen LogP contribution in [-0.4, -0.2) is 4.98 Å². The number of halogens is 3. The van der Waals surface area contributed by atoms with Gasteiger partial charge in [-0.1, -0.05) is 43.7 Å². The average Bonchev–Trinajstić information content (AvgIpc) is 2.62. The molecule has 0 atom stereocenters. The Labute approximate surface area is 147 Å². The number of aromatic nitrogens is 1. The predicted octanol–water partition coefficient (Wildman–Crippen LogP) is 6.49. The SMILES string of the molecule is CCCc1ccc(C2CCC(c3ccc(C(F)(F)F)nc3)CC2)cc1. The van der Waals surface area contributed by atoms with Gasteiger partial charge in [0.15, 0.2) is 0 Å². The van der Waals surface area contributed by atoms with Crippen LogP contribution in [0.2, 0.25) is 0 Å². The minimum atomic E-state index is -4.36. The van der Waals surface area contributed by atoms with Gasteiger partial charge < -0.3 is 0 Å². The second-order valence-corrected chi connectivity index (χ2v) is 7.01. The number of pyridine rings is 1. The molecule has 0 spiro atoms. The lowest BCUT2D eigenvalue weighted by molar-refractivity contribution is -0.141. The molecule has 4 heteroatoms. The number of benzene rings is 1. The normalized spacial score (nSPS) is 21.3. The lowest BCUT2D eigenvalue weighted by Gasteiger charge is -2.29. The molecule has 0 radical (unpaired) electrons. The average molecular weight is 347 g/mol. The van der Waals surface area contributed by atoms with Crippen molar-refractivity contribution in [3.8, 4) is 0 Å². The van der Waals surface area contributed by atoms with Crippen LogP contribution in [0.3, 0.4) is 0 Å². The van der Waals surface area contributed by atoms with E-state index in [0.29, 0.717) is 11.8 Å². The minimum Gasteiger partial charge on any atom is -0.251 e. The molecule has 0 bridgehead atoms. The van der Waals surface area contributed by atoms with E-state index in [1.807, 2.05) is 0 Å². The molecule has 2 aromatic rings. The van der Waals surface area contributed by atoms with Gasteiger partial charge in [0.2, 0.25) is 0 Å². The zero-order chi connectivity index (χ0) is 17.9. The lowest BCUT2D eigenvalue weighted by Crippen LogP contribution is -2.13. The fourth-order valence-corrected chi connectivity index (χ4v) is 3.82. The first kappa shape index (κ1) is 18.0. The maximum Gasteiger partial charge on any atom is 0.433 e. The summed E-state index contributed by atoms with van der Waals surface area (Å²) in [6.07, 6.45) is 3.51. The van der Waals surface area contributed by atoms with E-state index in [1.165, 1.54) is 17.3 Å². The van der Waals surface area contributed by atoms with E-state index in [4.69, 9.17) is 0 Å². The fraction of sp³-hybridized carbons (Fsp3) is 0.476. The lowest BCUT2D eigenvalue weighted by atomic mass is 9.76. The van der Waals surface area contributed by atoms with Gasteiger partial charge in [0, 0.05) is 6.20 Å². The van der Waals surface area contributed by atoms with Crippen LogP contribution >= 0.6 is 0 Å². The predicted molar refractivity (Wildman–Crippen MR) is 93.6 cm³/mol. The summed E-state index contributed by atoms with van der Waals surface area (Å²) in [5.74, 6) is 0.889. The Kier molecular flexibility index (Phi) is 5.45. The Morgan fingerprint density at radius 1 is 0.880 bits per heavy atom. The van der Waals surface area contributed by atoms with Crippen molar-refractivity contribution in [1.29, 1.82) is 0 Å². The number of aryl methyl sites for hydroxylation is 1. The number of nitrogens with zero attached hydrogens (tertiary/aromatic N) is 1. The van der Waals surface area contributed by atoms with Crippen LogP contribution < -0.4 is 0 Å². The summed E-state index contributed by atoms with van der Waals surface area (Å²) in [5, 5.41) is 0. The van der Waals surface area contributed by atoms with Gasteiger partial charge in [-0.2, -0.15) is 13.2 Å². The Hall–Kier alpha value is -1.84. The van der Waals surface area contributed by atoms with E-state index in [9.17, 15) is 13.2 Å². The van der Waals surface area contributed by atoms with Gasteiger partial charge in [-0.25, -0.2) is 0 Å². The third kappa shape index (κ3) is 4.42. The summed E-state index contributed by atoms with van der Waals surface area (Å²) in [4.78, 5) is 3.60. The maximum atomic E-state index is 12.6. The van der Waals surface area contributed by atoms with E-state index in [-0.39, 0.29) is 0 Å². The molecule has 0 saturated heterocycles. The van der Waals surface area contributed by atoms with Gasteiger partial charge in [0.25, 0.3) is 0 Å². The summed E-state index contributed by atoms with van der Waals surface area (Å²) < 4.78 is 37.8. The van der Waals surface area contributed by atoms with Crippen LogP contribution in [0, 0.1) is 0 Å². The van der Waals surface area contributed by atoms with Gasteiger partial charge in [-0.15, -0.1) is 0 Å². The zero-order valence-electron chi connectivity index (χ0n) is 14.5. The van der Waals surface area contributed by atoms with Crippen LogP contribution in [0.15, 0.2) is 42.6 Å². The highest BCUT2D eigenvalue weighted by atomic mass is 19.4. The topological polar surface area (TPSA) is 12.9 Å². The first-order valence-corrected chi connectivity index (χ1v) is 9.09. The Balaban J connectivity index is 1.59. The van der Waals surface area contributed by atoms with Crippen LogP contribution in [-0.2, 0) is 12.6 Å². The quantitative estimate of drug-likeness (QED) is 0.615. The zero-order valence-corrected chi connectivity index (χ0v) is 14.5. The second kappa shape index (κ2) is 7.59. The highest BCUT2D eigenvalue weighted by Gasteiger charge is 2.32. The smallest absolute Gasteiger partial charge is 0.251 e. The molecule has 1 saturated carbocycles. The highest BCUT2D eigenvalue weighted by Crippen LogP contribution is 2.40. The molecular formula is C21H24F3N. The number of hydrogen-bond acceptors (Lipinski definition) is 1. The van der Waals surface area contributed by atoms with Crippen molar-refractivity contribution in [2.24, 2.45) is 0 Å². The number of alkyl halides is 3. The van der Waals surface area contributed by atoms with Gasteiger partial charge in [-0.05, 0) is 66.7 Å². The number of rotatable bonds is 4. The summed E-state index contributed by atoms with van der Waals surface area (Å²) in [7, 11) is 0. The Bertz CT molecular complexity index is 666. The first-order chi connectivity index (χ1) is 12.0. The van der Waals surface area contributed by atoms with Crippen LogP contribution in [0.5, 0.6) is 0 Å². The molecule has 25 heavy (non-hydrogen) atoms. The Morgan fingerprint density at radius 2 is 1.44 bits per heavy atom.